The summed E-state index contributed by atoms with van der Waals surface area (Å²) < 4.78 is 28.8. The van der Waals surface area contributed by atoms with E-state index < -0.39 is 16.1 Å². The van der Waals surface area contributed by atoms with Gasteiger partial charge in [0.15, 0.2) is 5.82 Å². The van der Waals surface area contributed by atoms with Crippen LogP contribution in [0.3, 0.4) is 0 Å². The molecule has 0 radical (unpaired) electrons. The van der Waals surface area contributed by atoms with Gasteiger partial charge >= 0.3 is 0 Å². The number of hydrogen-bond donors (Lipinski definition) is 1. The Hall–Kier alpha value is -0.950. The predicted octanol–water partition coefficient (Wildman–Crippen LogP) is -0.0118. The zero-order valence-corrected chi connectivity index (χ0v) is 8.42. The van der Waals surface area contributed by atoms with Crippen LogP contribution >= 0.6 is 0 Å². The molecule has 6 nitrogen and oxygen atoms in total. The number of sulfonamides is 1. The highest BCUT2D eigenvalue weighted by Crippen LogP contribution is 2.09. The molecule has 13 heavy (non-hydrogen) atoms. The fraction of sp³-hybridized carbons (Fsp3) is 0.667. The Balaban J connectivity index is 2.75. The lowest BCUT2D eigenvalue weighted by atomic mass is 10.4. The molecule has 1 N–H and O–H groups in total. The standard InChI is InChI=1S/C6H11N3O3S/c1-4(9-13(3,10)11)6-7-5(2)8-12-6/h4,9H,1-3H3. The SMILES string of the molecule is Cc1noc(C(C)NS(C)(=O)=O)n1. The topological polar surface area (TPSA) is 85.1 Å². The first-order valence-corrected chi connectivity index (χ1v) is 5.55. The van der Waals surface area contributed by atoms with Crippen LogP contribution in [0.5, 0.6) is 0 Å². The van der Waals surface area contributed by atoms with Crippen molar-refractivity contribution in [2.45, 2.75) is 19.9 Å². The number of rotatable bonds is 3. The van der Waals surface area contributed by atoms with Crippen LogP contribution in [-0.2, 0) is 10.0 Å². The third-order valence-electron chi connectivity index (χ3n) is 1.30. The molecule has 1 atom stereocenters. The molecule has 1 aromatic rings. The minimum Gasteiger partial charge on any atom is -0.338 e. The molecule has 7 heteroatoms. The summed E-state index contributed by atoms with van der Waals surface area (Å²) in [5.74, 6) is 0.750. The lowest BCUT2D eigenvalue weighted by Gasteiger charge is -2.05. The van der Waals surface area contributed by atoms with Crippen LogP contribution in [0.1, 0.15) is 24.7 Å². The molecule has 0 saturated heterocycles. The summed E-state index contributed by atoms with van der Waals surface area (Å²) in [5, 5.41) is 3.55. The molecule has 0 aliphatic heterocycles. The maximum atomic E-state index is 10.8. The van der Waals surface area contributed by atoms with E-state index in [2.05, 4.69) is 14.9 Å². The van der Waals surface area contributed by atoms with Gasteiger partial charge in [-0.25, -0.2) is 13.1 Å². The van der Waals surface area contributed by atoms with E-state index in [4.69, 9.17) is 4.52 Å². The van der Waals surface area contributed by atoms with E-state index >= 15 is 0 Å². The summed E-state index contributed by atoms with van der Waals surface area (Å²) in [4.78, 5) is 3.89. The van der Waals surface area contributed by atoms with Crippen LogP contribution in [0.15, 0.2) is 4.52 Å². The molecule has 0 aromatic carbocycles. The maximum Gasteiger partial charge on any atom is 0.244 e. The van der Waals surface area contributed by atoms with Crippen LogP contribution in [0.2, 0.25) is 0 Å². The van der Waals surface area contributed by atoms with Gasteiger partial charge in [0.25, 0.3) is 0 Å². The van der Waals surface area contributed by atoms with Gasteiger partial charge < -0.3 is 4.52 Å². The highest BCUT2D eigenvalue weighted by Gasteiger charge is 2.16. The summed E-state index contributed by atoms with van der Waals surface area (Å²) in [6.07, 6.45) is 1.08. The fourth-order valence-corrected chi connectivity index (χ4v) is 1.60. The quantitative estimate of drug-likeness (QED) is 0.750. The van der Waals surface area contributed by atoms with Crippen molar-refractivity contribution in [3.05, 3.63) is 11.7 Å². The van der Waals surface area contributed by atoms with E-state index in [0.717, 1.165) is 6.26 Å². The molecular weight excluding hydrogens is 194 g/mol. The van der Waals surface area contributed by atoms with E-state index in [1.807, 2.05) is 0 Å². The van der Waals surface area contributed by atoms with E-state index in [0.29, 0.717) is 5.82 Å². The lowest BCUT2D eigenvalue weighted by Crippen LogP contribution is -2.25. The van der Waals surface area contributed by atoms with Gasteiger partial charge in [0.05, 0.1) is 12.3 Å². The highest BCUT2D eigenvalue weighted by molar-refractivity contribution is 7.88. The van der Waals surface area contributed by atoms with Crippen molar-refractivity contribution < 1.29 is 12.9 Å². The summed E-state index contributed by atoms with van der Waals surface area (Å²) in [5.41, 5.74) is 0. The van der Waals surface area contributed by atoms with E-state index in [9.17, 15) is 8.42 Å². The Morgan fingerprint density at radius 1 is 1.54 bits per heavy atom. The molecular formula is C6H11N3O3S. The summed E-state index contributed by atoms with van der Waals surface area (Å²) in [6.45, 7) is 3.30. The van der Waals surface area contributed by atoms with Crippen LogP contribution in [-0.4, -0.2) is 24.8 Å². The van der Waals surface area contributed by atoms with Crippen molar-refractivity contribution in [1.29, 1.82) is 0 Å². The minimum absolute atomic E-state index is 0.267. The second-order valence-electron chi connectivity index (χ2n) is 2.79. The normalized spacial score (nSPS) is 14.4. The Labute approximate surface area is 76.4 Å². The Bertz CT molecular complexity index is 384. The Kier molecular flexibility index (Phi) is 2.67. The first-order valence-electron chi connectivity index (χ1n) is 3.66. The summed E-state index contributed by atoms with van der Waals surface area (Å²) in [7, 11) is -3.24. The van der Waals surface area contributed by atoms with Crippen LogP contribution in [0.4, 0.5) is 0 Å². The van der Waals surface area contributed by atoms with Gasteiger partial charge in [-0.3, -0.25) is 0 Å². The van der Waals surface area contributed by atoms with Crippen LogP contribution in [0, 0.1) is 6.92 Å². The van der Waals surface area contributed by atoms with Crippen molar-refractivity contribution in [3.63, 3.8) is 0 Å². The van der Waals surface area contributed by atoms with Crippen molar-refractivity contribution in [2.24, 2.45) is 0 Å². The predicted molar refractivity (Wildman–Crippen MR) is 45.4 cm³/mol. The van der Waals surface area contributed by atoms with Gasteiger partial charge in [-0.15, -0.1) is 0 Å². The zero-order chi connectivity index (χ0) is 10.1. The lowest BCUT2D eigenvalue weighted by molar-refractivity contribution is 0.351. The molecule has 0 aliphatic carbocycles. The highest BCUT2D eigenvalue weighted by atomic mass is 32.2. The number of aromatic nitrogens is 2. The third-order valence-corrected chi connectivity index (χ3v) is 2.09. The van der Waals surface area contributed by atoms with Gasteiger partial charge in [0.2, 0.25) is 15.9 Å². The molecule has 1 unspecified atom stereocenters. The summed E-state index contributed by atoms with van der Waals surface area (Å²) >= 11 is 0. The molecule has 0 amide bonds. The molecule has 0 spiro atoms. The molecule has 74 valence electrons. The van der Waals surface area contributed by atoms with Gasteiger partial charge in [-0.2, -0.15) is 4.98 Å². The number of hydrogen-bond acceptors (Lipinski definition) is 5. The number of aryl methyl sites for hydroxylation is 1. The first-order chi connectivity index (χ1) is 5.88. The van der Waals surface area contributed by atoms with Crippen LogP contribution < -0.4 is 4.72 Å². The summed E-state index contributed by atoms with van der Waals surface area (Å²) in [6, 6.07) is -0.490. The van der Waals surface area contributed by atoms with E-state index in [1.54, 1.807) is 13.8 Å². The fourth-order valence-electron chi connectivity index (χ4n) is 0.861. The largest absolute Gasteiger partial charge is 0.338 e. The molecule has 0 saturated carbocycles. The Morgan fingerprint density at radius 3 is 2.54 bits per heavy atom. The second kappa shape index (κ2) is 3.43. The van der Waals surface area contributed by atoms with Crippen molar-refractivity contribution in [1.82, 2.24) is 14.9 Å². The minimum atomic E-state index is -3.24. The van der Waals surface area contributed by atoms with E-state index in [-0.39, 0.29) is 5.89 Å². The third kappa shape index (κ3) is 3.11. The molecule has 0 aliphatic rings. The van der Waals surface area contributed by atoms with Gasteiger partial charge in [0.1, 0.15) is 0 Å². The van der Waals surface area contributed by atoms with Crippen molar-refractivity contribution in [3.8, 4) is 0 Å². The number of nitrogens with one attached hydrogen (secondary N) is 1. The van der Waals surface area contributed by atoms with Crippen LogP contribution in [0.25, 0.3) is 0 Å². The van der Waals surface area contributed by atoms with Gasteiger partial charge in [0, 0.05) is 0 Å². The van der Waals surface area contributed by atoms with Crippen molar-refractivity contribution >= 4 is 10.0 Å². The maximum absolute atomic E-state index is 10.8. The Morgan fingerprint density at radius 2 is 2.15 bits per heavy atom. The average Bonchev–Trinajstić information content (AvgIpc) is 2.31. The molecule has 1 aromatic heterocycles. The van der Waals surface area contributed by atoms with Crippen molar-refractivity contribution in [2.75, 3.05) is 6.26 Å². The zero-order valence-electron chi connectivity index (χ0n) is 7.60. The first kappa shape index (κ1) is 10.1. The molecule has 1 rings (SSSR count). The molecule has 0 fully saturated rings. The smallest absolute Gasteiger partial charge is 0.244 e. The second-order valence-corrected chi connectivity index (χ2v) is 4.57. The van der Waals surface area contributed by atoms with Gasteiger partial charge in [-0.1, -0.05) is 5.16 Å². The molecule has 0 bridgehead atoms. The average molecular weight is 205 g/mol. The van der Waals surface area contributed by atoms with Gasteiger partial charge in [-0.05, 0) is 13.8 Å². The molecule has 1 heterocycles. The monoisotopic (exact) mass is 205 g/mol. The van der Waals surface area contributed by atoms with E-state index in [1.165, 1.54) is 0 Å². The number of nitrogens with zero attached hydrogens (tertiary/aromatic N) is 2.